The molecule has 0 bridgehead atoms. The highest BCUT2D eigenvalue weighted by Crippen LogP contribution is 2.69. The summed E-state index contributed by atoms with van der Waals surface area (Å²) in [6.07, 6.45) is 6.77. The Bertz CT molecular complexity index is 499. The van der Waals surface area contributed by atoms with E-state index < -0.39 is 6.10 Å². The normalized spacial score (nSPS) is 62.3. The number of aliphatic hydroxyl groups excluding tert-OH is 3. The molecule has 4 saturated carbocycles. The maximum atomic E-state index is 11.0. The van der Waals surface area contributed by atoms with Gasteiger partial charge >= 0.3 is 0 Å². The van der Waals surface area contributed by atoms with Gasteiger partial charge in [-0.15, -0.1) is 0 Å². The SMILES string of the molecule is C[C@]12CC[C@H]3[C@@H](C[C@@H](O)[C@@]4(Br)C[C@@H](O)CC[C@]34C)[C@@H]1CC[C@@H]2O. The molecule has 0 radical (unpaired) electrons. The highest BCUT2D eigenvalue weighted by Gasteiger charge is 2.66. The molecule has 3 nitrogen and oxygen atoms in total. The molecule has 4 rings (SSSR count). The average Bonchev–Trinajstić information content (AvgIpc) is 2.79. The van der Waals surface area contributed by atoms with Crippen molar-refractivity contribution in [3.8, 4) is 0 Å². The fourth-order valence-electron chi connectivity index (χ4n) is 7.19. The lowest BCUT2D eigenvalue weighted by Crippen LogP contribution is -2.65. The van der Waals surface area contributed by atoms with Crippen LogP contribution in [-0.4, -0.2) is 38.0 Å². The van der Waals surface area contributed by atoms with E-state index in [0.29, 0.717) is 24.2 Å². The van der Waals surface area contributed by atoms with Gasteiger partial charge in [0, 0.05) is 0 Å². The summed E-state index contributed by atoms with van der Waals surface area (Å²) in [7, 11) is 0. The lowest BCUT2D eigenvalue weighted by atomic mass is 9.44. The summed E-state index contributed by atoms with van der Waals surface area (Å²) < 4.78 is -0.343. The average molecular weight is 387 g/mol. The Kier molecular flexibility index (Phi) is 3.79. The van der Waals surface area contributed by atoms with Gasteiger partial charge in [-0.1, -0.05) is 29.8 Å². The minimum atomic E-state index is -0.399. The Labute approximate surface area is 148 Å². The van der Waals surface area contributed by atoms with Gasteiger partial charge in [-0.05, 0) is 80.0 Å². The van der Waals surface area contributed by atoms with Crippen molar-refractivity contribution in [1.82, 2.24) is 0 Å². The van der Waals surface area contributed by atoms with Crippen molar-refractivity contribution in [1.29, 1.82) is 0 Å². The summed E-state index contributed by atoms with van der Waals surface area (Å²) in [6.45, 7) is 4.63. The third-order valence-electron chi connectivity index (χ3n) is 8.71. The number of halogens is 1. The molecule has 0 aliphatic heterocycles. The highest BCUT2D eigenvalue weighted by atomic mass is 79.9. The lowest BCUT2D eigenvalue weighted by molar-refractivity contribution is -0.157. The van der Waals surface area contributed by atoms with E-state index in [1.807, 2.05) is 0 Å². The van der Waals surface area contributed by atoms with Crippen molar-refractivity contribution in [2.45, 2.75) is 87.9 Å². The molecule has 23 heavy (non-hydrogen) atoms. The number of rotatable bonds is 0. The van der Waals surface area contributed by atoms with Crippen LogP contribution >= 0.6 is 15.9 Å². The predicted octanol–water partition coefficient (Wildman–Crippen LogP) is 3.24. The summed E-state index contributed by atoms with van der Waals surface area (Å²) in [5, 5.41) is 31.7. The first-order chi connectivity index (χ1) is 10.7. The molecule has 0 aromatic heterocycles. The predicted molar refractivity (Wildman–Crippen MR) is 93.3 cm³/mol. The van der Waals surface area contributed by atoms with Gasteiger partial charge in [0.2, 0.25) is 0 Å². The van der Waals surface area contributed by atoms with Crippen LogP contribution in [0, 0.1) is 28.6 Å². The minimum Gasteiger partial charge on any atom is -0.393 e. The molecule has 4 fully saturated rings. The van der Waals surface area contributed by atoms with E-state index in [4.69, 9.17) is 0 Å². The second kappa shape index (κ2) is 5.18. The topological polar surface area (TPSA) is 60.7 Å². The molecular formula is C19H31BrO3. The number of alkyl halides is 1. The molecule has 0 heterocycles. The highest BCUT2D eigenvalue weighted by molar-refractivity contribution is 9.10. The molecule has 4 aliphatic carbocycles. The van der Waals surface area contributed by atoms with Crippen LogP contribution in [-0.2, 0) is 0 Å². The van der Waals surface area contributed by atoms with Crippen LogP contribution in [0.5, 0.6) is 0 Å². The van der Waals surface area contributed by atoms with Crippen LogP contribution in [0.4, 0.5) is 0 Å². The van der Waals surface area contributed by atoms with Crippen molar-refractivity contribution in [3.05, 3.63) is 0 Å². The molecule has 132 valence electrons. The van der Waals surface area contributed by atoms with Crippen molar-refractivity contribution >= 4 is 15.9 Å². The van der Waals surface area contributed by atoms with Crippen LogP contribution in [0.25, 0.3) is 0 Å². The molecule has 4 aliphatic rings. The third kappa shape index (κ3) is 2.04. The Morgan fingerprint density at radius 3 is 2.35 bits per heavy atom. The monoisotopic (exact) mass is 386 g/mol. The van der Waals surface area contributed by atoms with E-state index in [1.54, 1.807) is 0 Å². The first kappa shape index (κ1) is 16.8. The molecule has 4 heteroatoms. The van der Waals surface area contributed by atoms with E-state index in [9.17, 15) is 15.3 Å². The van der Waals surface area contributed by atoms with Crippen LogP contribution < -0.4 is 0 Å². The first-order valence-electron chi connectivity index (χ1n) is 9.45. The van der Waals surface area contributed by atoms with E-state index >= 15 is 0 Å². The van der Waals surface area contributed by atoms with Crippen LogP contribution in [0.1, 0.15) is 65.2 Å². The largest absolute Gasteiger partial charge is 0.393 e. The molecular weight excluding hydrogens is 356 g/mol. The minimum absolute atomic E-state index is 0.0451. The molecule has 0 saturated heterocycles. The number of fused-ring (bicyclic) bond motifs is 5. The standard InChI is InChI=1S/C19H31BrO3/c1-17-7-6-14-12(13(17)3-4-15(17)22)9-16(23)19(20)10-11(21)5-8-18(14,19)2/h11-16,21-23H,3-10H2,1-2H3/t11-,12-,13-,14-,15-,16+,17-,18+,19-/m0/s1. The molecule has 0 unspecified atom stereocenters. The van der Waals surface area contributed by atoms with Crippen molar-refractivity contribution < 1.29 is 15.3 Å². The van der Waals surface area contributed by atoms with E-state index in [1.165, 1.54) is 0 Å². The third-order valence-corrected chi connectivity index (χ3v) is 10.5. The number of aliphatic hydroxyl groups is 3. The Hall–Kier alpha value is 0.360. The second-order valence-electron chi connectivity index (χ2n) is 9.44. The Morgan fingerprint density at radius 1 is 0.870 bits per heavy atom. The van der Waals surface area contributed by atoms with E-state index in [2.05, 4.69) is 29.8 Å². The van der Waals surface area contributed by atoms with E-state index in [-0.39, 0.29) is 27.4 Å². The summed E-state index contributed by atoms with van der Waals surface area (Å²) in [5.41, 5.74) is 0.0984. The van der Waals surface area contributed by atoms with Crippen molar-refractivity contribution in [3.63, 3.8) is 0 Å². The van der Waals surface area contributed by atoms with Gasteiger partial charge in [-0.3, -0.25) is 0 Å². The number of hydrogen-bond donors (Lipinski definition) is 3. The molecule has 0 aromatic carbocycles. The van der Waals surface area contributed by atoms with Gasteiger partial charge in [0.1, 0.15) is 0 Å². The zero-order chi connectivity index (χ0) is 16.6. The van der Waals surface area contributed by atoms with Gasteiger partial charge in [-0.25, -0.2) is 0 Å². The Balaban J connectivity index is 1.71. The maximum absolute atomic E-state index is 11.0. The van der Waals surface area contributed by atoms with E-state index in [0.717, 1.165) is 44.9 Å². The molecule has 0 aromatic rings. The van der Waals surface area contributed by atoms with Crippen LogP contribution in [0.2, 0.25) is 0 Å². The smallest absolute Gasteiger partial charge is 0.0702 e. The van der Waals surface area contributed by atoms with Crippen LogP contribution in [0.3, 0.4) is 0 Å². The Morgan fingerprint density at radius 2 is 1.61 bits per heavy atom. The summed E-state index contributed by atoms with van der Waals surface area (Å²) in [4.78, 5) is 0. The summed E-state index contributed by atoms with van der Waals surface area (Å²) in [5.74, 6) is 1.67. The van der Waals surface area contributed by atoms with Crippen molar-refractivity contribution in [2.24, 2.45) is 28.6 Å². The maximum Gasteiger partial charge on any atom is 0.0702 e. The summed E-state index contributed by atoms with van der Waals surface area (Å²) in [6, 6.07) is 0. The first-order valence-corrected chi connectivity index (χ1v) is 10.2. The van der Waals surface area contributed by atoms with Crippen molar-refractivity contribution in [2.75, 3.05) is 0 Å². The van der Waals surface area contributed by atoms with Gasteiger partial charge < -0.3 is 15.3 Å². The summed E-state index contributed by atoms with van der Waals surface area (Å²) >= 11 is 3.94. The lowest BCUT2D eigenvalue weighted by Gasteiger charge is -2.65. The van der Waals surface area contributed by atoms with Crippen LogP contribution in [0.15, 0.2) is 0 Å². The van der Waals surface area contributed by atoms with Gasteiger partial charge in [0.05, 0.1) is 22.6 Å². The molecule has 9 atom stereocenters. The quantitative estimate of drug-likeness (QED) is 0.560. The molecule has 0 amide bonds. The molecule has 3 N–H and O–H groups in total. The second-order valence-corrected chi connectivity index (χ2v) is 10.9. The fourth-order valence-corrected chi connectivity index (χ4v) is 8.24. The fraction of sp³-hybridized carbons (Fsp3) is 1.00. The molecule has 0 spiro atoms. The zero-order valence-corrected chi connectivity index (χ0v) is 15.9. The van der Waals surface area contributed by atoms with Gasteiger partial charge in [0.25, 0.3) is 0 Å². The van der Waals surface area contributed by atoms with Gasteiger partial charge in [0.15, 0.2) is 0 Å². The van der Waals surface area contributed by atoms with Gasteiger partial charge in [-0.2, -0.15) is 0 Å². The number of hydrogen-bond acceptors (Lipinski definition) is 3. The zero-order valence-electron chi connectivity index (χ0n) is 14.3.